The van der Waals surface area contributed by atoms with Gasteiger partial charge >= 0.3 is 5.97 Å². The Labute approximate surface area is 216 Å². The van der Waals surface area contributed by atoms with E-state index in [0.717, 1.165) is 42.7 Å². The van der Waals surface area contributed by atoms with Gasteiger partial charge in [0, 0.05) is 24.0 Å². The molecule has 2 N–H and O–H groups in total. The number of aliphatic hydroxyl groups is 2. The molecule has 2 aliphatic heterocycles. The van der Waals surface area contributed by atoms with Crippen LogP contribution in [0.15, 0.2) is 40.1 Å². The molecular weight excluding hydrogens is 454 g/mol. The largest absolute Gasteiger partial charge is 0.457 e. The first-order chi connectivity index (χ1) is 16.8. The molecule has 0 bridgehead atoms. The van der Waals surface area contributed by atoms with E-state index in [-0.39, 0.29) is 18.1 Å². The van der Waals surface area contributed by atoms with Crippen LogP contribution in [0.25, 0.3) is 0 Å². The lowest BCUT2D eigenvalue weighted by Gasteiger charge is -2.34. The third kappa shape index (κ3) is 6.83. The Hall–Kier alpha value is -2.05. The molecule has 200 valence electrons. The number of carbonyl (C=O) groups excluding carboxylic acids is 2. The van der Waals surface area contributed by atoms with E-state index in [4.69, 9.17) is 9.73 Å². The van der Waals surface area contributed by atoms with Crippen LogP contribution < -0.4 is 0 Å². The molecule has 7 atom stereocenters. The number of ether oxygens (including phenoxy) is 1. The number of allylic oxidation sites excluding steroid dienone is 3. The predicted octanol–water partition coefficient (Wildman–Crippen LogP) is 5.34. The van der Waals surface area contributed by atoms with Crippen LogP contribution in [0.5, 0.6) is 0 Å². The van der Waals surface area contributed by atoms with E-state index in [1.165, 1.54) is 5.57 Å². The molecule has 0 aromatic carbocycles. The van der Waals surface area contributed by atoms with E-state index < -0.39 is 35.6 Å². The highest BCUT2D eigenvalue weighted by atomic mass is 16.5. The van der Waals surface area contributed by atoms with Gasteiger partial charge in [0.2, 0.25) is 0 Å². The number of carbonyl (C=O) groups is 2. The van der Waals surface area contributed by atoms with Crippen molar-refractivity contribution in [2.75, 3.05) is 0 Å². The number of ketones is 1. The molecule has 1 aliphatic carbocycles. The second-order valence-electron chi connectivity index (χ2n) is 12.0. The summed E-state index contributed by atoms with van der Waals surface area (Å²) in [5.74, 6) is -0.301. The van der Waals surface area contributed by atoms with Crippen molar-refractivity contribution in [3.63, 3.8) is 0 Å². The molecule has 6 heteroatoms. The Bertz CT molecular complexity index is 972. The molecule has 0 saturated heterocycles. The Morgan fingerprint density at radius 3 is 2.56 bits per heavy atom. The van der Waals surface area contributed by atoms with Gasteiger partial charge in [-0.3, -0.25) is 14.6 Å². The van der Waals surface area contributed by atoms with Crippen molar-refractivity contribution in [2.24, 2.45) is 34.1 Å². The predicted molar refractivity (Wildman–Crippen MR) is 142 cm³/mol. The molecule has 0 aromatic heterocycles. The number of aliphatic hydroxyl groups excluding tert-OH is 2. The zero-order valence-corrected chi connectivity index (χ0v) is 23.1. The monoisotopic (exact) mass is 499 g/mol. The molecule has 6 nitrogen and oxygen atoms in total. The normalized spacial score (nSPS) is 38.2. The number of Topliss-reactive ketones (excluding diaryl/α,β-unsaturated/α-hetero) is 1. The van der Waals surface area contributed by atoms with Gasteiger partial charge in [-0.1, -0.05) is 45.4 Å². The molecule has 36 heavy (non-hydrogen) atoms. The van der Waals surface area contributed by atoms with Crippen molar-refractivity contribution in [3.8, 4) is 0 Å². The molecule has 1 saturated carbocycles. The first-order valence-electron chi connectivity index (χ1n) is 13.5. The molecule has 2 unspecified atom stereocenters. The van der Waals surface area contributed by atoms with Gasteiger partial charge in [0.25, 0.3) is 0 Å². The number of aliphatic imine (C=N–C) groups is 1. The van der Waals surface area contributed by atoms with Crippen molar-refractivity contribution >= 4 is 17.5 Å². The highest BCUT2D eigenvalue weighted by Crippen LogP contribution is 2.44. The van der Waals surface area contributed by atoms with E-state index in [1.54, 1.807) is 20.8 Å². The summed E-state index contributed by atoms with van der Waals surface area (Å²) in [6.07, 6.45) is 7.85. The number of hydrogen-bond acceptors (Lipinski definition) is 6. The fourth-order valence-corrected chi connectivity index (χ4v) is 5.46. The van der Waals surface area contributed by atoms with Crippen LogP contribution in [0, 0.1) is 29.1 Å². The lowest BCUT2D eigenvalue weighted by molar-refractivity contribution is -0.154. The second-order valence-corrected chi connectivity index (χ2v) is 12.0. The first kappa shape index (κ1) is 28.5. The summed E-state index contributed by atoms with van der Waals surface area (Å²) in [4.78, 5) is 30.9. The Morgan fingerprint density at radius 2 is 1.89 bits per heavy atom. The highest BCUT2D eigenvalue weighted by Gasteiger charge is 2.42. The molecule has 0 aromatic rings. The summed E-state index contributed by atoms with van der Waals surface area (Å²) in [5.41, 5.74) is 3.00. The van der Waals surface area contributed by atoms with E-state index in [1.807, 2.05) is 19.9 Å². The Balaban J connectivity index is 1.84. The van der Waals surface area contributed by atoms with Gasteiger partial charge in [-0.2, -0.15) is 0 Å². The van der Waals surface area contributed by atoms with Crippen molar-refractivity contribution < 1.29 is 24.5 Å². The topological polar surface area (TPSA) is 96.2 Å². The minimum Gasteiger partial charge on any atom is -0.457 e. The summed E-state index contributed by atoms with van der Waals surface area (Å²) in [6.45, 7) is 13.1. The Kier molecular flexibility index (Phi) is 9.16. The number of rotatable bonds is 2. The van der Waals surface area contributed by atoms with Crippen molar-refractivity contribution in [2.45, 2.75) is 105 Å². The van der Waals surface area contributed by atoms with E-state index >= 15 is 0 Å². The first-order valence-corrected chi connectivity index (χ1v) is 13.5. The molecule has 2 heterocycles. The third-order valence-corrected chi connectivity index (χ3v) is 8.47. The van der Waals surface area contributed by atoms with Gasteiger partial charge in [-0.05, 0) is 69.9 Å². The van der Waals surface area contributed by atoms with Crippen LogP contribution in [-0.2, 0) is 14.3 Å². The van der Waals surface area contributed by atoms with Gasteiger partial charge in [0.15, 0.2) is 0 Å². The summed E-state index contributed by atoms with van der Waals surface area (Å²) in [5, 5.41) is 21.7. The minimum atomic E-state index is -1.21. The molecule has 1 fully saturated rings. The molecule has 0 amide bonds. The van der Waals surface area contributed by atoms with Crippen molar-refractivity contribution in [3.05, 3.63) is 35.1 Å². The highest BCUT2D eigenvalue weighted by molar-refractivity contribution is 5.89. The van der Waals surface area contributed by atoms with Crippen LogP contribution in [0.3, 0.4) is 0 Å². The minimum absolute atomic E-state index is 0.0423. The maximum absolute atomic E-state index is 13.2. The average Bonchev–Trinajstić information content (AvgIpc) is 3.59. The number of nitrogens with zero attached hydrogens (tertiary/aromatic N) is 1. The molecule has 0 radical (unpaired) electrons. The van der Waals surface area contributed by atoms with E-state index in [0.29, 0.717) is 18.3 Å². The fourth-order valence-electron chi connectivity index (χ4n) is 5.46. The zero-order chi connectivity index (χ0) is 26.8. The second kappa shape index (κ2) is 11.6. The summed E-state index contributed by atoms with van der Waals surface area (Å²) in [6, 6.07) is 0. The van der Waals surface area contributed by atoms with Crippen LogP contribution in [0.4, 0.5) is 0 Å². The average molecular weight is 500 g/mol. The molecular formula is C30H45NO5. The number of esters is 1. The van der Waals surface area contributed by atoms with Gasteiger partial charge in [-0.15, -0.1) is 0 Å². The van der Waals surface area contributed by atoms with Gasteiger partial charge < -0.3 is 14.9 Å². The quantitative estimate of drug-likeness (QED) is 0.395. The van der Waals surface area contributed by atoms with Crippen molar-refractivity contribution in [1.29, 1.82) is 0 Å². The van der Waals surface area contributed by atoms with Gasteiger partial charge in [-0.25, -0.2) is 0 Å². The van der Waals surface area contributed by atoms with Crippen LogP contribution in [0.1, 0.15) is 87.0 Å². The van der Waals surface area contributed by atoms with Crippen LogP contribution in [0.2, 0.25) is 0 Å². The summed E-state index contributed by atoms with van der Waals surface area (Å²) in [7, 11) is 0. The standard InChI is InChI=1S/C30H45NO5/c1-17-9-8-10-18(2)28(34)20(4)29(35)30(6,7)26(32)16-27(33)36-25(12-11-17)19(3)13-23-14-22-15-24(22)21(5)31-23/h11,13-14,18,20,22,24-26,28,32,34H,8-10,12,15-16H2,1-7H3/b17-11-,19-13+/t18-,20+,22?,24?,25-,26-,28-/m0/s1. The van der Waals surface area contributed by atoms with Gasteiger partial charge in [0.05, 0.1) is 29.7 Å². The SMILES string of the molecule is CC1=NC(/C=C(\C)[C@@H]2C/C=C(/C)CCC[C@H](C)[C@H](O)[C@@H](C)C(=O)C(C)(C)[C@@H](O)CC(=O)O2)=CC2CC12. The van der Waals surface area contributed by atoms with Crippen LogP contribution in [-0.4, -0.2) is 46.0 Å². The summed E-state index contributed by atoms with van der Waals surface area (Å²) >= 11 is 0. The third-order valence-electron chi connectivity index (χ3n) is 8.47. The maximum atomic E-state index is 13.2. The smallest absolute Gasteiger partial charge is 0.309 e. The molecule has 3 rings (SSSR count). The number of cyclic esters (lactones) is 1. The van der Waals surface area contributed by atoms with Gasteiger partial charge in [0.1, 0.15) is 11.9 Å². The lowest BCUT2D eigenvalue weighted by Crippen LogP contribution is -2.45. The fraction of sp³-hybridized carbons (Fsp3) is 0.700. The Morgan fingerprint density at radius 1 is 1.19 bits per heavy atom. The molecule has 0 spiro atoms. The summed E-state index contributed by atoms with van der Waals surface area (Å²) < 4.78 is 5.88. The van der Waals surface area contributed by atoms with E-state index in [9.17, 15) is 19.8 Å². The number of fused-ring (bicyclic) bond motifs is 1. The lowest BCUT2D eigenvalue weighted by atomic mass is 9.73. The zero-order valence-electron chi connectivity index (χ0n) is 23.1. The van der Waals surface area contributed by atoms with Crippen molar-refractivity contribution in [1.82, 2.24) is 0 Å². The van der Waals surface area contributed by atoms with Crippen LogP contribution >= 0.6 is 0 Å². The molecule has 3 aliphatic rings. The maximum Gasteiger partial charge on any atom is 0.309 e. The van der Waals surface area contributed by atoms with E-state index in [2.05, 4.69) is 26.0 Å². The number of hydrogen-bond donors (Lipinski definition) is 2.